The molecule has 178 valence electrons. The summed E-state index contributed by atoms with van der Waals surface area (Å²) in [4.78, 5) is 25.3. The van der Waals surface area contributed by atoms with E-state index in [1.54, 1.807) is 11.8 Å². The fraction of sp³-hybridized carbons (Fsp3) is 0.615. The number of likely N-dealkylation sites (tertiary alicyclic amines) is 1. The number of amides is 1. The maximum atomic E-state index is 12.3. The summed E-state index contributed by atoms with van der Waals surface area (Å²) in [5.41, 5.74) is 1.37. The first kappa shape index (κ1) is 26.5. The minimum Gasteiger partial charge on any atom is -0.469 e. The summed E-state index contributed by atoms with van der Waals surface area (Å²) in [6.07, 6.45) is 10.4. The van der Waals surface area contributed by atoms with E-state index in [0.717, 1.165) is 50.0 Å². The number of aliphatic hydroxyl groups is 1. The third-order valence-corrected chi connectivity index (χ3v) is 7.13. The van der Waals surface area contributed by atoms with Gasteiger partial charge < -0.3 is 14.7 Å². The second kappa shape index (κ2) is 15.1. The lowest BCUT2D eigenvalue weighted by molar-refractivity contribution is -0.140. The van der Waals surface area contributed by atoms with Gasteiger partial charge in [-0.25, -0.2) is 0 Å². The number of aryl methyl sites for hydroxylation is 1. The molecule has 3 atom stereocenters. The number of unbranched alkanes of at least 4 members (excludes halogenated alkanes) is 1. The SMILES string of the molecule is COC(=O)CCCSCCN1C(=O)CC[C@@H]1C=C[C@H](O)[C@@H](C)CCCCc1ccccc1. The molecule has 1 aromatic carbocycles. The van der Waals surface area contributed by atoms with Gasteiger partial charge in [0.15, 0.2) is 0 Å². The lowest BCUT2D eigenvalue weighted by Gasteiger charge is -2.23. The van der Waals surface area contributed by atoms with Crippen LogP contribution in [0.25, 0.3) is 0 Å². The highest BCUT2D eigenvalue weighted by atomic mass is 32.2. The molecule has 0 saturated carbocycles. The van der Waals surface area contributed by atoms with Crippen LogP contribution in [0.2, 0.25) is 0 Å². The molecule has 6 heteroatoms. The van der Waals surface area contributed by atoms with E-state index in [-0.39, 0.29) is 23.8 Å². The molecule has 0 radical (unpaired) electrons. The van der Waals surface area contributed by atoms with Gasteiger partial charge in [0, 0.05) is 25.1 Å². The number of carbonyl (C=O) groups is 2. The highest BCUT2D eigenvalue weighted by Gasteiger charge is 2.28. The molecule has 1 aliphatic heterocycles. The number of methoxy groups -OCH3 is 1. The zero-order valence-electron chi connectivity index (χ0n) is 19.6. The summed E-state index contributed by atoms with van der Waals surface area (Å²) in [5, 5.41) is 10.6. The Morgan fingerprint density at radius 1 is 1.25 bits per heavy atom. The first-order chi connectivity index (χ1) is 15.5. The monoisotopic (exact) mass is 461 g/mol. The van der Waals surface area contributed by atoms with E-state index >= 15 is 0 Å². The van der Waals surface area contributed by atoms with Gasteiger partial charge in [-0.15, -0.1) is 0 Å². The number of thioether (sulfide) groups is 1. The van der Waals surface area contributed by atoms with Gasteiger partial charge in [-0.3, -0.25) is 9.59 Å². The largest absolute Gasteiger partial charge is 0.469 e. The predicted octanol–water partition coefficient (Wildman–Crippen LogP) is 4.63. The van der Waals surface area contributed by atoms with Crippen molar-refractivity contribution in [2.75, 3.05) is 25.2 Å². The van der Waals surface area contributed by atoms with Crippen LogP contribution in [0.4, 0.5) is 0 Å². The lowest BCUT2D eigenvalue weighted by atomic mass is 9.95. The normalized spacial score (nSPS) is 18.3. The highest BCUT2D eigenvalue weighted by molar-refractivity contribution is 7.99. The lowest BCUT2D eigenvalue weighted by Crippen LogP contribution is -2.34. The molecule has 1 amide bonds. The van der Waals surface area contributed by atoms with Gasteiger partial charge >= 0.3 is 5.97 Å². The standard InChI is InChI=1S/C26H39NO4S/c1-21(9-6-7-12-22-10-4-3-5-11-22)24(28)16-14-23-15-17-25(29)27(23)18-20-32-19-8-13-26(30)31-2/h3-5,10-11,14,16,21,23-24,28H,6-9,12-13,15,17-20H2,1-2H3/t21-,23-,24-/m0/s1. The quantitative estimate of drug-likeness (QED) is 0.234. The van der Waals surface area contributed by atoms with E-state index in [4.69, 9.17) is 0 Å². The first-order valence-electron chi connectivity index (χ1n) is 11.9. The molecule has 0 bridgehead atoms. The van der Waals surface area contributed by atoms with Gasteiger partial charge in [0.25, 0.3) is 0 Å². The smallest absolute Gasteiger partial charge is 0.305 e. The molecule has 1 heterocycles. The Labute approximate surface area is 197 Å². The maximum absolute atomic E-state index is 12.3. The van der Waals surface area contributed by atoms with E-state index in [0.29, 0.717) is 19.4 Å². The molecular weight excluding hydrogens is 422 g/mol. The van der Waals surface area contributed by atoms with Crippen LogP contribution in [-0.4, -0.2) is 59.2 Å². The van der Waals surface area contributed by atoms with Gasteiger partial charge in [-0.05, 0) is 49.3 Å². The summed E-state index contributed by atoms with van der Waals surface area (Å²) < 4.78 is 4.65. The van der Waals surface area contributed by atoms with Gasteiger partial charge in [-0.2, -0.15) is 11.8 Å². The van der Waals surface area contributed by atoms with Crippen LogP contribution in [0.3, 0.4) is 0 Å². The van der Waals surface area contributed by atoms with Crippen LogP contribution in [-0.2, 0) is 20.7 Å². The zero-order valence-corrected chi connectivity index (χ0v) is 20.4. The van der Waals surface area contributed by atoms with E-state index in [2.05, 4.69) is 35.9 Å². The molecule has 1 N–H and O–H groups in total. The molecular formula is C26H39NO4S. The molecule has 1 fully saturated rings. The second-order valence-electron chi connectivity index (χ2n) is 8.57. The Balaban J connectivity index is 1.65. The van der Waals surface area contributed by atoms with E-state index in [1.165, 1.54) is 12.7 Å². The minimum absolute atomic E-state index is 0.0816. The van der Waals surface area contributed by atoms with Gasteiger partial charge in [0.1, 0.15) is 0 Å². The topological polar surface area (TPSA) is 66.8 Å². The van der Waals surface area contributed by atoms with Gasteiger partial charge in [0.2, 0.25) is 5.91 Å². The number of rotatable bonds is 15. The number of aliphatic hydroxyl groups excluding tert-OH is 1. The Hall–Kier alpha value is -1.79. The van der Waals surface area contributed by atoms with Crippen LogP contribution in [0.1, 0.15) is 57.4 Å². The summed E-state index contributed by atoms with van der Waals surface area (Å²) in [5.74, 6) is 1.97. The summed E-state index contributed by atoms with van der Waals surface area (Å²) >= 11 is 1.76. The van der Waals surface area contributed by atoms with Crippen molar-refractivity contribution in [1.29, 1.82) is 0 Å². The van der Waals surface area contributed by atoms with Crippen molar-refractivity contribution in [1.82, 2.24) is 4.90 Å². The van der Waals surface area contributed by atoms with Crippen LogP contribution >= 0.6 is 11.8 Å². The zero-order chi connectivity index (χ0) is 23.2. The fourth-order valence-corrected chi connectivity index (χ4v) is 4.85. The van der Waals surface area contributed by atoms with E-state index < -0.39 is 6.10 Å². The van der Waals surface area contributed by atoms with E-state index in [9.17, 15) is 14.7 Å². The van der Waals surface area contributed by atoms with Crippen molar-refractivity contribution in [3.05, 3.63) is 48.0 Å². The second-order valence-corrected chi connectivity index (χ2v) is 9.79. The summed E-state index contributed by atoms with van der Waals surface area (Å²) in [6, 6.07) is 10.6. The Morgan fingerprint density at radius 3 is 2.78 bits per heavy atom. The molecule has 0 spiro atoms. The van der Waals surface area contributed by atoms with Gasteiger partial charge in [0.05, 0.1) is 19.3 Å². The summed E-state index contributed by atoms with van der Waals surface area (Å²) in [6.45, 7) is 2.81. The third kappa shape index (κ3) is 9.78. The summed E-state index contributed by atoms with van der Waals surface area (Å²) in [7, 11) is 1.41. The first-order valence-corrected chi connectivity index (χ1v) is 13.0. The fourth-order valence-electron chi connectivity index (χ4n) is 3.97. The van der Waals surface area contributed by atoms with Crippen molar-refractivity contribution in [3.8, 4) is 0 Å². The van der Waals surface area contributed by atoms with Crippen molar-refractivity contribution in [2.24, 2.45) is 5.92 Å². The minimum atomic E-state index is -0.475. The number of ether oxygens (including phenoxy) is 1. The molecule has 0 unspecified atom stereocenters. The molecule has 2 rings (SSSR count). The Morgan fingerprint density at radius 2 is 2.03 bits per heavy atom. The van der Waals surface area contributed by atoms with Gasteiger partial charge in [-0.1, -0.05) is 55.8 Å². The van der Waals surface area contributed by atoms with Crippen molar-refractivity contribution in [3.63, 3.8) is 0 Å². The Kier molecular flexibility index (Phi) is 12.5. The maximum Gasteiger partial charge on any atom is 0.305 e. The average Bonchev–Trinajstić information content (AvgIpc) is 3.16. The van der Waals surface area contributed by atoms with Crippen LogP contribution < -0.4 is 0 Å². The van der Waals surface area contributed by atoms with Crippen LogP contribution in [0.5, 0.6) is 0 Å². The molecule has 1 saturated heterocycles. The molecule has 1 aromatic rings. The number of benzene rings is 1. The van der Waals surface area contributed by atoms with E-state index in [1.807, 2.05) is 23.1 Å². The number of esters is 1. The van der Waals surface area contributed by atoms with Crippen molar-refractivity contribution >= 4 is 23.6 Å². The number of nitrogens with zero attached hydrogens (tertiary/aromatic N) is 1. The van der Waals surface area contributed by atoms with Crippen LogP contribution in [0, 0.1) is 5.92 Å². The van der Waals surface area contributed by atoms with Crippen molar-refractivity contribution in [2.45, 2.75) is 70.4 Å². The molecule has 32 heavy (non-hydrogen) atoms. The highest BCUT2D eigenvalue weighted by Crippen LogP contribution is 2.22. The molecule has 1 aliphatic rings. The molecule has 5 nitrogen and oxygen atoms in total. The number of hydrogen-bond acceptors (Lipinski definition) is 5. The number of hydrogen-bond donors (Lipinski definition) is 1. The molecule has 0 aromatic heterocycles. The predicted molar refractivity (Wildman–Crippen MR) is 132 cm³/mol. The average molecular weight is 462 g/mol. The van der Waals surface area contributed by atoms with Crippen LogP contribution in [0.15, 0.2) is 42.5 Å². The van der Waals surface area contributed by atoms with Crippen molar-refractivity contribution < 1.29 is 19.4 Å². The third-order valence-electron chi connectivity index (χ3n) is 6.08. The number of carbonyl (C=O) groups excluding carboxylic acids is 2. The molecule has 0 aliphatic carbocycles. The Bertz CT molecular complexity index is 709.